The molecule has 0 spiro atoms. The maximum Gasteiger partial charge on any atom is 0.273 e. The zero-order valence-electron chi connectivity index (χ0n) is 12.9. The van der Waals surface area contributed by atoms with E-state index in [1.807, 2.05) is 24.3 Å². The highest BCUT2D eigenvalue weighted by molar-refractivity contribution is 9.10. The first-order chi connectivity index (χ1) is 11.7. The average molecular weight is 426 g/mol. The minimum atomic E-state index is -3.64. The van der Waals surface area contributed by atoms with Gasteiger partial charge in [0.25, 0.3) is 5.91 Å². The van der Waals surface area contributed by atoms with E-state index < -0.39 is 21.7 Å². The number of hydrogen-bond acceptors (Lipinski definition) is 3. The molecule has 0 atom stereocenters. The van der Waals surface area contributed by atoms with Gasteiger partial charge in [0.2, 0.25) is 10.0 Å². The normalized spacial score (nSPS) is 11.5. The van der Waals surface area contributed by atoms with Crippen LogP contribution in [0.15, 0.2) is 46.9 Å². The van der Waals surface area contributed by atoms with Crippen LogP contribution in [0.2, 0.25) is 0 Å². The fraction of sp³-hybridized carbons (Fsp3) is 0.0625. The summed E-state index contributed by atoms with van der Waals surface area (Å²) < 4.78 is 38.9. The second-order valence-corrected chi connectivity index (χ2v) is 7.92. The summed E-state index contributed by atoms with van der Waals surface area (Å²) >= 11 is 3.39. The summed E-state index contributed by atoms with van der Waals surface area (Å²) in [5.41, 5.74) is 1.11. The summed E-state index contributed by atoms with van der Waals surface area (Å²) in [5, 5.41) is 3.46. The predicted molar refractivity (Wildman–Crippen MR) is 98.8 cm³/mol. The van der Waals surface area contributed by atoms with Crippen molar-refractivity contribution < 1.29 is 17.6 Å². The minimum absolute atomic E-state index is 0.240. The summed E-state index contributed by atoms with van der Waals surface area (Å²) in [6.45, 7) is 0. The number of amides is 1. The summed E-state index contributed by atoms with van der Waals surface area (Å²) in [6.07, 6.45) is 0.916. The number of fused-ring (bicyclic) bond motifs is 1. The first-order valence-electron chi connectivity index (χ1n) is 7.09. The zero-order valence-corrected chi connectivity index (χ0v) is 15.3. The number of para-hydroxylation sites is 1. The molecule has 3 rings (SSSR count). The van der Waals surface area contributed by atoms with Crippen molar-refractivity contribution in [2.75, 3.05) is 16.3 Å². The largest absolute Gasteiger partial charge is 0.350 e. The average Bonchev–Trinajstić information content (AvgIpc) is 2.87. The van der Waals surface area contributed by atoms with Crippen LogP contribution in [0.25, 0.3) is 10.9 Å². The lowest BCUT2D eigenvalue weighted by Crippen LogP contribution is -2.14. The summed E-state index contributed by atoms with van der Waals surface area (Å²) in [6, 6.07) is 11.0. The van der Waals surface area contributed by atoms with E-state index in [9.17, 15) is 17.6 Å². The van der Waals surface area contributed by atoms with Crippen LogP contribution in [0, 0.1) is 5.82 Å². The Kier molecular flexibility index (Phi) is 4.53. The molecule has 0 aliphatic rings. The molecular formula is C16H13BrFN3O3S. The van der Waals surface area contributed by atoms with Crippen molar-refractivity contribution in [1.82, 2.24) is 4.98 Å². The molecule has 0 radical (unpaired) electrons. The van der Waals surface area contributed by atoms with Crippen LogP contribution in [0.3, 0.4) is 0 Å². The molecule has 0 aliphatic carbocycles. The highest BCUT2D eigenvalue weighted by atomic mass is 79.9. The van der Waals surface area contributed by atoms with Gasteiger partial charge in [-0.2, -0.15) is 0 Å². The lowest BCUT2D eigenvalue weighted by Gasteiger charge is -2.09. The predicted octanol–water partition coefficient (Wildman–Crippen LogP) is 3.69. The number of aromatic nitrogens is 1. The number of aromatic amines is 1. The van der Waals surface area contributed by atoms with E-state index in [2.05, 4.69) is 31.0 Å². The molecule has 3 N–H and O–H groups in total. The molecule has 0 saturated heterocycles. The van der Waals surface area contributed by atoms with Crippen molar-refractivity contribution in [2.24, 2.45) is 0 Å². The van der Waals surface area contributed by atoms with Gasteiger partial charge in [-0.1, -0.05) is 18.2 Å². The van der Waals surface area contributed by atoms with Crippen LogP contribution in [0.1, 0.15) is 10.5 Å². The summed E-state index contributed by atoms with van der Waals surface area (Å²) in [4.78, 5) is 15.5. The number of rotatable bonds is 4. The second kappa shape index (κ2) is 6.49. The number of hydrogen-bond donors (Lipinski definition) is 3. The molecule has 0 saturated carbocycles. The van der Waals surface area contributed by atoms with Crippen molar-refractivity contribution in [3.63, 3.8) is 0 Å². The maximum absolute atomic E-state index is 13.7. The third-order valence-electron chi connectivity index (χ3n) is 3.39. The molecule has 25 heavy (non-hydrogen) atoms. The maximum atomic E-state index is 13.7. The molecule has 0 unspecified atom stereocenters. The first-order valence-corrected chi connectivity index (χ1v) is 9.78. The number of carbonyl (C=O) groups excluding carboxylic acids is 1. The molecule has 1 aromatic heterocycles. The Hall–Kier alpha value is -2.39. The lowest BCUT2D eigenvalue weighted by molar-refractivity contribution is 0.102. The van der Waals surface area contributed by atoms with Crippen molar-refractivity contribution >= 4 is 54.1 Å². The highest BCUT2D eigenvalue weighted by Gasteiger charge is 2.17. The van der Waals surface area contributed by atoms with Gasteiger partial charge in [-0.15, -0.1) is 0 Å². The van der Waals surface area contributed by atoms with Gasteiger partial charge >= 0.3 is 0 Å². The minimum Gasteiger partial charge on any atom is -0.350 e. The molecule has 130 valence electrons. The SMILES string of the molecule is CS(=O)(=O)Nc1cc(NC(=O)c2[nH]c3ccccc3c2Br)ccc1F. The van der Waals surface area contributed by atoms with Gasteiger partial charge in [-0.3, -0.25) is 9.52 Å². The molecule has 1 amide bonds. The van der Waals surface area contributed by atoms with Crippen LogP contribution in [0.5, 0.6) is 0 Å². The number of H-pyrrole nitrogens is 1. The van der Waals surface area contributed by atoms with E-state index in [4.69, 9.17) is 0 Å². The van der Waals surface area contributed by atoms with Gasteiger partial charge in [-0.05, 0) is 40.2 Å². The number of sulfonamides is 1. The van der Waals surface area contributed by atoms with Gasteiger partial charge in [0.05, 0.1) is 16.4 Å². The topological polar surface area (TPSA) is 91.1 Å². The van der Waals surface area contributed by atoms with Crippen molar-refractivity contribution in [1.29, 1.82) is 0 Å². The number of carbonyl (C=O) groups is 1. The molecule has 0 fully saturated rings. The third kappa shape index (κ3) is 3.83. The van der Waals surface area contributed by atoms with Gasteiger partial charge in [-0.25, -0.2) is 12.8 Å². The standard InChI is InChI=1S/C16H13BrFN3O3S/c1-25(23,24)21-13-8-9(6-7-11(13)18)19-16(22)15-14(17)10-4-2-3-5-12(10)20-15/h2-8,20-21H,1H3,(H,19,22). The second-order valence-electron chi connectivity index (χ2n) is 5.38. The molecular weight excluding hydrogens is 413 g/mol. The van der Waals surface area contributed by atoms with Crippen LogP contribution < -0.4 is 10.0 Å². The number of anilines is 2. The van der Waals surface area contributed by atoms with E-state index in [-0.39, 0.29) is 11.4 Å². The van der Waals surface area contributed by atoms with Crippen molar-refractivity contribution in [3.05, 3.63) is 58.4 Å². The molecule has 0 aliphatic heterocycles. The molecule has 0 bridgehead atoms. The van der Waals surface area contributed by atoms with E-state index >= 15 is 0 Å². The monoisotopic (exact) mass is 425 g/mol. The van der Waals surface area contributed by atoms with Crippen molar-refractivity contribution in [3.8, 4) is 0 Å². The Morgan fingerprint density at radius 2 is 1.92 bits per heavy atom. The molecule has 2 aromatic carbocycles. The van der Waals surface area contributed by atoms with Gasteiger partial charge in [0, 0.05) is 16.6 Å². The number of nitrogens with one attached hydrogen (secondary N) is 3. The molecule has 3 aromatic rings. The van der Waals surface area contributed by atoms with Gasteiger partial charge in [0.1, 0.15) is 11.5 Å². The third-order valence-corrected chi connectivity index (χ3v) is 4.80. The van der Waals surface area contributed by atoms with Crippen LogP contribution >= 0.6 is 15.9 Å². The van der Waals surface area contributed by atoms with Crippen molar-refractivity contribution in [2.45, 2.75) is 0 Å². The highest BCUT2D eigenvalue weighted by Crippen LogP contribution is 2.28. The Balaban J connectivity index is 1.90. The Bertz CT molecular complexity index is 1080. The van der Waals surface area contributed by atoms with E-state index in [0.29, 0.717) is 10.2 Å². The Morgan fingerprint density at radius 1 is 1.20 bits per heavy atom. The summed E-state index contributed by atoms with van der Waals surface area (Å²) in [7, 11) is -3.64. The molecule has 6 nitrogen and oxygen atoms in total. The number of benzene rings is 2. The van der Waals surface area contributed by atoms with E-state index in [1.54, 1.807) is 0 Å². The van der Waals surface area contributed by atoms with Crippen LogP contribution in [-0.4, -0.2) is 25.6 Å². The zero-order chi connectivity index (χ0) is 18.2. The van der Waals surface area contributed by atoms with E-state index in [0.717, 1.165) is 23.2 Å². The van der Waals surface area contributed by atoms with Gasteiger partial charge in [0.15, 0.2) is 0 Å². The Morgan fingerprint density at radius 3 is 2.60 bits per heavy atom. The van der Waals surface area contributed by atoms with Crippen LogP contribution in [-0.2, 0) is 10.0 Å². The fourth-order valence-corrected chi connectivity index (χ4v) is 3.52. The van der Waals surface area contributed by atoms with E-state index in [1.165, 1.54) is 12.1 Å². The first kappa shape index (κ1) is 17.4. The number of halogens is 2. The fourth-order valence-electron chi connectivity index (χ4n) is 2.34. The molecule has 1 heterocycles. The quantitative estimate of drug-likeness (QED) is 0.594. The van der Waals surface area contributed by atoms with Gasteiger partial charge < -0.3 is 10.3 Å². The molecule has 9 heteroatoms. The lowest BCUT2D eigenvalue weighted by atomic mass is 10.2. The van der Waals surface area contributed by atoms with Crippen LogP contribution in [0.4, 0.5) is 15.8 Å². The summed E-state index contributed by atoms with van der Waals surface area (Å²) in [5.74, 6) is -1.18. The Labute approximate surface area is 151 Å². The smallest absolute Gasteiger partial charge is 0.273 e.